The van der Waals surface area contributed by atoms with Crippen LogP contribution in [0.25, 0.3) is 0 Å². The number of carbonyl (C=O) groups excluding carboxylic acids is 2. The third kappa shape index (κ3) is 7.05. The quantitative estimate of drug-likeness (QED) is 0.422. The second-order valence-electron chi connectivity index (χ2n) is 7.70. The molecule has 0 aliphatic carbocycles. The molecule has 0 saturated heterocycles. The van der Waals surface area contributed by atoms with Crippen molar-refractivity contribution in [2.45, 2.75) is 39.3 Å². The van der Waals surface area contributed by atoms with Crippen LogP contribution in [0, 0.1) is 0 Å². The van der Waals surface area contributed by atoms with E-state index in [2.05, 4.69) is 15.6 Å². The highest BCUT2D eigenvalue weighted by Crippen LogP contribution is 2.29. The Hall–Kier alpha value is -3.39. The molecule has 1 atom stereocenters. The first-order valence-corrected chi connectivity index (χ1v) is 11.9. The number of nitrogens with zero attached hydrogens (tertiary/aromatic N) is 2. The summed E-state index contributed by atoms with van der Waals surface area (Å²) in [4.78, 5) is 31.8. The number of thiazole rings is 1. The molecule has 3 rings (SSSR count). The van der Waals surface area contributed by atoms with E-state index in [0.717, 1.165) is 17.7 Å². The molecule has 3 aromatic rings. The number of benzene rings is 2. The normalized spacial score (nSPS) is 11.5. The van der Waals surface area contributed by atoms with Crippen molar-refractivity contribution in [3.8, 4) is 5.75 Å². The van der Waals surface area contributed by atoms with Crippen molar-refractivity contribution in [1.29, 1.82) is 0 Å². The third-order valence-electron chi connectivity index (χ3n) is 5.20. The number of amides is 2. The number of hydrogen-bond acceptors (Lipinski definition) is 6. The molecule has 1 aromatic heterocycles. The van der Waals surface area contributed by atoms with Crippen LogP contribution in [0.5, 0.6) is 5.75 Å². The number of rotatable bonds is 11. The molecule has 2 amide bonds. The Morgan fingerprint density at radius 1 is 1.12 bits per heavy atom. The summed E-state index contributed by atoms with van der Waals surface area (Å²) in [6, 6.07) is 17.4. The van der Waals surface area contributed by atoms with E-state index >= 15 is 0 Å². The predicted octanol–water partition coefficient (Wildman–Crippen LogP) is 4.84. The van der Waals surface area contributed by atoms with Crippen LogP contribution in [0.2, 0.25) is 0 Å². The molecule has 2 aromatic carbocycles. The van der Waals surface area contributed by atoms with E-state index in [9.17, 15) is 9.59 Å². The average Bonchev–Trinajstić information content (AvgIpc) is 3.30. The van der Waals surface area contributed by atoms with E-state index in [4.69, 9.17) is 4.74 Å². The maximum Gasteiger partial charge on any atom is 0.273 e. The van der Waals surface area contributed by atoms with Crippen LogP contribution in [0.1, 0.15) is 42.7 Å². The lowest BCUT2D eigenvalue weighted by atomic mass is 10.2. The monoisotopic (exact) mass is 466 g/mol. The highest BCUT2D eigenvalue weighted by atomic mass is 32.1. The maximum atomic E-state index is 13.3. The first kappa shape index (κ1) is 24.3. The van der Waals surface area contributed by atoms with E-state index in [-0.39, 0.29) is 24.3 Å². The fourth-order valence-corrected chi connectivity index (χ4v) is 3.89. The van der Waals surface area contributed by atoms with E-state index in [0.29, 0.717) is 29.7 Å². The minimum atomic E-state index is -0.209. The number of methoxy groups -OCH3 is 1. The topological polar surface area (TPSA) is 83.6 Å². The van der Waals surface area contributed by atoms with Crippen LogP contribution in [-0.4, -0.2) is 41.4 Å². The van der Waals surface area contributed by atoms with E-state index < -0.39 is 0 Å². The minimum absolute atomic E-state index is 0.0629. The Labute approximate surface area is 198 Å². The van der Waals surface area contributed by atoms with Gasteiger partial charge in [-0.2, -0.15) is 0 Å². The van der Waals surface area contributed by atoms with Crippen molar-refractivity contribution in [2.75, 3.05) is 19.0 Å². The van der Waals surface area contributed by atoms with Crippen molar-refractivity contribution < 1.29 is 14.3 Å². The second-order valence-corrected chi connectivity index (χ2v) is 8.56. The van der Waals surface area contributed by atoms with Gasteiger partial charge < -0.3 is 20.3 Å². The predicted molar refractivity (Wildman–Crippen MR) is 132 cm³/mol. The molecule has 0 bridgehead atoms. The zero-order chi connectivity index (χ0) is 23.6. The minimum Gasteiger partial charge on any atom is -0.495 e. The van der Waals surface area contributed by atoms with Crippen LogP contribution in [0.15, 0.2) is 60.0 Å². The fourth-order valence-electron chi connectivity index (χ4n) is 3.20. The number of carbonyl (C=O) groups is 2. The number of hydrogen-bond donors (Lipinski definition) is 2. The zero-order valence-corrected chi connectivity index (χ0v) is 20.0. The van der Waals surface area contributed by atoms with Gasteiger partial charge in [0.15, 0.2) is 5.13 Å². The number of para-hydroxylation sites is 2. The van der Waals surface area contributed by atoms with Crippen molar-refractivity contribution in [3.63, 3.8) is 0 Å². The molecule has 2 N–H and O–H groups in total. The Morgan fingerprint density at radius 3 is 2.58 bits per heavy atom. The van der Waals surface area contributed by atoms with Gasteiger partial charge in [-0.25, -0.2) is 4.98 Å². The van der Waals surface area contributed by atoms with Gasteiger partial charge in [-0.1, -0.05) is 49.4 Å². The van der Waals surface area contributed by atoms with Crippen LogP contribution in [-0.2, 0) is 11.3 Å². The summed E-state index contributed by atoms with van der Waals surface area (Å²) in [5.74, 6) is 0.421. The summed E-state index contributed by atoms with van der Waals surface area (Å²) >= 11 is 1.35. The molecule has 0 spiro atoms. The lowest BCUT2D eigenvalue weighted by molar-refractivity contribution is -0.121. The van der Waals surface area contributed by atoms with Crippen LogP contribution >= 0.6 is 11.3 Å². The molecule has 0 fully saturated rings. The zero-order valence-electron chi connectivity index (χ0n) is 19.2. The Bertz CT molecular complexity index is 1050. The van der Waals surface area contributed by atoms with Crippen LogP contribution in [0.3, 0.4) is 0 Å². The average molecular weight is 467 g/mol. The van der Waals surface area contributed by atoms with Gasteiger partial charge in [-0.05, 0) is 31.0 Å². The summed E-state index contributed by atoms with van der Waals surface area (Å²) in [7, 11) is 1.61. The molecule has 0 aliphatic heterocycles. The molecule has 0 radical (unpaired) electrons. The third-order valence-corrected chi connectivity index (χ3v) is 5.96. The molecule has 7 nitrogen and oxygen atoms in total. The van der Waals surface area contributed by atoms with Gasteiger partial charge >= 0.3 is 0 Å². The lowest BCUT2D eigenvalue weighted by Crippen LogP contribution is -2.37. The van der Waals surface area contributed by atoms with Crippen LogP contribution < -0.4 is 15.4 Å². The summed E-state index contributed by atoms with van der Waals surface area (Å²) in [5.41, 5.74) is 2.11. The standard InChI is InChI=1S/C25H30N4O3S/c1-4-18(2)26-23(30)14-15-29(16-19-10-6-5-7-11-19)24(31)21-17-33-25(28-21)27-20-12-8-9-13-22(20)32-3/h5-13,17-18H,4,14-16H2,1-3H3,(H,26,30)(H,27,28)/t18-/m1/s1. The highest BCUT2D eigenvalue weighted by molar-refractivity contribution is 7.14. The van der Waals surface area contributed by atoms with Gasteiger partial charge in [0.1, 0.15) is 11.4 Å². The number of aromatic nitrogens is 1. The van der Waals surface area contributed by atoms with Gasteiger partial charge in [0.2, 0.25) is 5.91 Å². The Kier molecular flexibility index (Phi) is 8.83. The van der Waals surface area contributed by atoms with Crippen molar-refractivity contribution in [1.82, 2.24) is 15.2 Å². The number of nitrogens with one attached hydrogen (secondary N) is 2. The molecule has 1 heterocycles. The first-order valence-electron chi connectivity index (χ1n) is 11.0. The van der Waals surface area contributed by atoms with Crippen molar-refractivity contribution >= 4 is 34.0 Å². The van der Waals surface area contributed by atoms with Gasteiger partial charge in [0.05, 0.1) is 12.8 Å². The van der Waals surface area contributed by atoms with Crippen LogP contribution in [0.4, 0.5) is 10.8 Å². The van der Waals surface area contributed by atoms with Crippen molar-refractivity contribution in [3.05, 3.63) is 71.2 Å². The summed E-state index contributed by atoms with van der Waals surface area (Å²) in [5, 5.41) is 8.50. The Balaban J connectivity index is 1.73. The summed E-state index contributed by atoms with van der Waals surface area (Å²) < 4.78 is 5.37. The van der Waals surface area contributed by atoms with Gasteiger partial charge in [0.25, 0.3) is 5.91 Å². The first-order chi connectivity index (χ1) is 16.0. The smallest absolute Gasteiger partial charge is 0.273 e. The second kappa shape index (κ2) is 12.0. The maximum absolute atomic E-state index is 13.3. The lowest BCUT2D eigenvalue weighted by Gasteiger charge is -2.22. The number of ether oxygens (including phenoxy) is 1. The highest BCUT2D eigenvalue weighted by Gasteiger charge is 2.21. The van der Waals surface area contributed by atoms with Crippen molar-refractivity contribution in [2.24, 2.45) is 0 Å². The van der Waals surface area contributed by atoms with Gasteiger partial charge in [-0.3, -0.25) is 9.59 Å². The summed E-state index contributed by atoms with van der Waals surface area (Å²) in [6.07, 6.45) is 1.10. The molecular weight excluding hydrogens is 436 g/mol. The molecule has 33 heavy (non-hydrogen) atoms. The SMILES string of the molecule is CC[C@@H](C)NC(=O)CCN(Cc1ccccc1)C(=O)c1csc(Nc2ccccc2OC)n1. The van der Waals surface area contributed by atoms with E-state index in [1.165, 1.54) is 11.3 Å². The van der Waals surface area contributed by atoms with Gasteiger partial charge in [0, 0.05) is 30.9 Å². The molecule has 0 saturated carbocycles. The van der Waals surface area contributed by atoms with Gasteiger partial charge in [-0.15, -0.1) is 11.3 Å². The van der Waals surface area contributed by atoms with E-state index in [1.54, 1.807) is 17.4 Å². The fraction of sp³-hybridized carbons (Fsp3) is 0.320. The number of anilines is 2. The summed E-state index contributed by atoms with van der Waals surface area (Å²) in [6.45, 7) is 4.71. The molecule has 8 heteroatoms. The molecule has 0 unspecified atom stereocenters. The Morgan fingerprint density at radius 2 is 1.85 bits per heavy atom. The van der Waals surface area contributed by atoms with E-state index in [1.807, 2.05) is 68.4 Å². The largest absolute Gasteiger partial charge is 0.495 e. The molecule has 174 valence electrons. The molecule has 0 aliphatic rings. The molecular formula is C25H30N4O3S.